The van der Waals surface area contributed by atoms with E-state index in [1.54, 1.807) is 0 Å². The third-order valence-corrected chi connectivity index (χ3v) is 6.16. The topological polar surface area (TPSA) is 23.5 Å². The fourth-order valence-corrected chi connectivity index (χ4v) is 5.25. The summed E-state index contributed by atoms with van der Waals surface area (Å²) in [6, 6.07) is 4.47. The highest BCUT2D eigenvalue weighted by molar-refractivity contribution is 7.10. The van der Waals surface area contributed by atoms with Crippen LogP contribution in [0.5, 0.6) is 0 Å². The minimum atomic E-state index is 0.140. The number of hydrogen-bond donors (Lipinski definition) is 1. The van der Waals surface area contributed by atoms with Gasteiger partial charge in [-0.05, 0) is 50.2 Å². The lowest BCUT2D eigenvalue weighted by atomic mass is 9.70. The molecular formula is C16H25NOS. The van der Waals surface area contributed by atoms with Crippen molar-refractivity contribution in [1.82, 2.24) is 4.90 Å². The van der Waals surface area contributed by atoms with Crippen LogP contribution in [0.25, 0.3) is 0 Å². The van der Waals surface area contributed by atoms with Crippen LogP contribution in [0.1, 0.15) is 49.8 Å². The Bertz CT molecular complexity index is 385. The van der Waals surface area contributed by atoms with Crippen molar-refractivity contribution in [3.63, 3.8) is 0 Å². The fraction of sp³-hybridized carbons (Fsp3) is 0.750. The molecule has 2 heterocycles. The molecular weight excluding hydrogens is 254 g/mol. The van der Waals surface area contributed by atoms with Crippen LogP contribution in [0.15, 0.2) is 17.5 Å². The van der Waals surface area contributed by atoms with Gasteiger partial charge in [-0.15, -0.1) is 11.3 Å². The van der Waals surface area contributed by atoms with E-state index in [0.717, 1.165) is 0 Å². The van der Waals surface area contributed by atoms with E-state index >= 15 is 0 Å². The summed E-state index contributed by atoms with van der Waals surface area (Å²) in [5.41, 5.74) is 0.140. The number of hydrogen-bond acceptors (Lipinski definition) is 3. The molecule has 1 N–H and O–H groups in total. The van der Waals surface area contributed by atoms with Gasteiger partial charge in [0.25, 0.3) is 0 Å². The molecule has 1 saturated carbocycles. The van der Waals surface area contributed by atoms with Crippen LogP contribution in [0.3, 0.4) is 0 Å². The number of aliphatic hydroxyl groups excluding tert-OH is 1. The summed E-state index contributed by atoms with van der Waals surface area (Å²) >= 11 is 1.89. The van der Waals surface area contributed by atoms with Crippen molar-refractivity contribution in [3.8, 4) is 0 Å². The largest absolute Gasteiger partial charge is 0.396 e. The zero-order chi connectivity index (χ0) is 13.1. The summed E-state index contributed by atoms with van der Waals surface area (Å²) in [4.78, 5) is 4.20. The number of likely N-dealkylation sites (tertiary alicyclic amines) is 1. The molecule has 1 aliphatic heterocycles. The van der Waals surface area contributed by atoms with E-state index in [4.69, 9.17) is 0 Å². The number of piperidine rings is 1. The van der Waals surface area contributed by atoms with E-state index in [1.165, 1.54) is 62.9 Å². The van der Waals surface area contributed by atoms with Crippen LogP contribution < -0.4 is 0 Å². The maximum Gasteiger partial charge on any atom is 0.0604 e. The second-order valence-corrected chi connectivity index (χ2v) is 7.02. The lowest BCUT2D eigenvalue weighted by molar-refractivity contribution is -0.0360. The van der Waals surface area contributed by atoms with Gasteiger partial charge in [0.1, 0.15) is 0 Å². The van der Waals surface area contributed by atoms with Gasteiger partial charge < -0.3 is 5.11 Å². The second kappa shape index (κ2) is 5.94. The first-order valence-corrected chi connectivity index (χ1v) is 8.66. The Labute approximate surface area is 120 Å². The van der Waals surface area contributed by atoms with Crippen LogP contribution in [0.4, 0.5) is 0 Å². The molecule has 2 aliphatic rings. The quantitative estimate of drug-likeness (QED) is 0.913. The van der Waals surface area contributed by atoms with Crippen LogP contribution in [-0.2, 0) is 5.54 Å². The molecule has 106 valence electrons. The van der Waals surface area contributed by atoms with Crippen molar-refractivity contribution in [3.05, 3.63) is 22.4 Å². The van der Waals surface area contributed by atoms with E-state index in [0.29, 0.717) is 12.5 Å². The molecule has 3 rings (SSSR count). The summed E-state index contributed by atoms with van der Waals surface area (Å²) in [6.45, 7) is 2.78. The zero-order valence-electron chi connectivity index (χ0n) is 11.7. The Hall–Kier alpha value is -0.380. The monoisotopic (exact) mass is 279 g/mol. The van der Waals surface area contributed by atoms with Crippen LogP contribution in [0.2, 0.25) is 0 Å². The summed E-state index contributed by atoms with van der Waals surface area (Å²) in [7, 11) is 0. The van der Waals surface area contributed by atoms with Crippen molar-refractivity contribution in [2.45, 2.75) is 50.5 Å². The molecule has 1 saturated heterocycles. The normalized spacial score (nSPS) is 33.4. The predicted molar refractivity (Wildman–Crippen MR) is 80.5 cm³/mol. The summed E-state index contributed by atoms with van der Waals surface area (Å²) in [5, 5.41) is 12.1. The van der Waals surface area contributed by atoms with E-state index in [9.17, 15) is 5.11 Å². The van der Waals surface area contributed by atoms with E-state index in [2.05, 4.69) is 22.4 Å². The van der Waals surface area contributed by atoms with Gasteiger partial charge in [-0.1, -0.05) is 25.3 Å². The molecule has 2 atom stereocenters. The molecule has 0 radical (unpaired) electrons. The first kappa shape index (κ1) is 13.6. The maximum absolute atomic E-state index is 9.93. The average molecular weight is 279 g/mol. The molecule has 0 spiro atoms. The molecule has 2 fully saturated rings. The maximum atomic E-state index is 9.93. The predicted octanol–water partition coefficient (Wildman–Crippen LogP) is 3.61. The van der Waals surface area contributed by atoms with E-state index < -0.39 is 0 Å². The van der Waals surface area contributed by atoms with Crippen LogP contribution in [0, 0.1) is 5.92 Å². The first-order valence-electron chi connectivity index (χ1n) is 7.78. The van der Waals surface area contributed by atoms with Crippen molar-refractivity contribution >= 4 is 11.3 Å². The second-order valence-electron chi connectivity index (χ2n) is 6.07. The third-order valence-electron chi connectivity index (χ3n) is 5.12. The molecule has 0 amide bonds. The standard InChI is InChI=1S/C16H25NOS/c18-13-14-7-2-3-9-16(14,15-8-6-12-19-15)17-10-4-1-5-11-17/h6,8,12,14,18H,1-5,7,9-11,13H2/t14-,16-/m0/s1. The third kappa shape index (κ3) is 2.37. The van der Waals surface area contributed by atoms with Crippen LogP contribution >= 0.6 is 11.3 Å². The minimum Gasteiger partial charge on any atom is -0.396 e. The summed E-state index contributed by atoms with van der Waals surface area (Å²) in [6.07, 6.45) is 9.04. The lowest BCUT2D eigenvalue weighted by Crippen LogP contribution is -2.55. The van der Waals surface area contributed by atoms with Crippen molar-refractivity contribution in [1.29, 1.82) is 0 Å². The molecule has 0 bridgehead atoms. The van der Waals surface area contributed by atoms with Gasteiger partial charge in [0.15, 0.2) is 0 Å². The van der Waals surface area contributed by atoms with Gasteiger partial charge >= 0.3 is 0 Å². The molecule has 1 aliphatic carbocycles. The number of aliphatic hydroxyl groups is 1. The summed E-state index contributed by atoms with van der Waals surface area (Å²) in [5.74, 6) is 0.429. The van der Waals surface area contributed by atoms with E-state index in [1.807, 2.05) is 11.3 Å². The smallest absolute Gasteiger partial charge is 0.0604 e. The lowest BCUT2D eigenvalue weighted by Gasteiger charge is -2.52. The molecule has 0 unspecified atom stereocenters. The Morgan fingerprint density at radius 1 is 1.21 bits per heavy atom. The average Bonchev–Trinajstić information content (AvgIpc) is 3.02. The van der Waals surface area contributed by atoms with Gasteiger partial charge in [-0.2, -0.15) is 0 Å². The SMILES string of the molecule is OC[C@@H]1CCCC[C@]1(c1cccs1)N1CCCCC1. The molecule has 1 aromatic heterocycles. The number of thiophene rings is 1. The molecule has 3 heteroatoms. The van der Waals surface area contributed by atoms with Crippen molar-refractivity contribution < 1.29 is 5.11 Å². The van der Waals surface area contributed by atoms with Crippen LogP contribution in [-0.4, -0.2) is 29.7 Å². The number of rotatable bonds is 3. The fourth-order valence-electron chi connectivity index (χ4n) is 4.18. The highest BCUT2D eigenvalue weighted by atomic mass is 32.1. The van der Waals surface area contributed by atoms with Gasteiger partial charge in [0.05, 0.1) is 5.54 Å². The zero-order valence-corrected chi connectivity index (χ0v) is 12.5. The number of nitrogens with zero attached hydrogens (tertiary/aromatic N) is 1. The molecule has 1 aromatic rings. The first-order chi connectivity index (χ1) is 9.38. The molecule has 0 aromatic carbocycles. The van der Waals surface area contributed by atoms with Gasteiger partial charge in [-0.25, -0.2) is 0 Å². The molecule has 2 nitrogen and oxygen atoms in total. The Morgan fingerprint density at radius 3 is 2.74 bits per heavy atom. The Kier molecular flexibility index (Phi) is 4.25. The van der Waals surface area contributed by atoms with Crippen molar-refractivity contribution in [2.24, 2.45) is 5.92 Å². The summed E-state index contributed by atoms with van der Waals surface area (Å²) < 4.78 is 0. The van der Waals surface area contributed by atoms with Crippen molar-refractivity contribution in [2.75, 3.05) is 19.7 Å². The minimum absolute atomic E-state index is 0.140. The highest BCUT2D eigenvalue weighted by Crippen LogP contribution is 2.48. The van der Waals surface area contributed by atoms with Gasteiger partial charge in [-0.3, -0.25) is 4.90 Å². The van der Waals surface area contributed by atoms with Gasteiger partial charge in [0.2, 0.25) is 0 Å². The molecule has 19 heavy (non-hydrogen) atoms. The van der Waals surface area contributed by atoms with E-state index in [-0.39, 0.29) is 5.54 Å². The Balaban J connectivity index is 1.98. The Morgan fingerprint density at radius 2 is 2.05 bits per heavy atom. The van der Waals surface area contributed by atoms with Gasteiger partial charge in [0, 0.05) is 17.4 Å². The highest BCUT2D eigenvalue weighted by Gasteiger charge is 2.47.